The fourth-order valence-corrected chi connectivity index (χ4v) is 2.14. The molecule has 0 aliphatic heterocycles. The Balaban J connectivity index is 2.63. The van der Waals surface area contributed by atoms with Crippen molar-refractivity contribution in [2.75, 3.05) is 0 Å². The van der Waals surface area contributed by atoms with E-state index in [1.807, 2.05) is 36.5 Å². The molecule has 0 bridgehead atoms. The third kappa shape index (κ3) is 1.73. The Morgan fingerprint density at radius 2 is 1.93 bits per heavy atom. The van der Waals surface area contributed by atoms with Gasteiger partial charge in [0.15, 0.2) is 0 Å². The largest absolute Gasteiger partial charge is 0.256 e. The van der Waals surface area contributed by atoms with E-state index in [0.29, 0.717) is 0 Å². The van der Waals surface area contributed by atoms with Crippen molar-refractivity contribution in [3.8, 4) is 11.3 Å². The predicted octanol–water partition coefficient (Wildman–Crippen LogP) is 1.77. The molecule has 0 radical (unpaired) electrons. The van der Waals surface area contributed by atoms with E-state index in [0.717, 1.165) is 10.2 Å². The van der Waals surface area contributed by atoms with E-state index in [-0.39, 0.29) is 0 Å². The van der Waals surface area contributed by atoms with Crippen LogP contribution in [0.25, 0.3) is 11.3 Å². The van der Waals surface area contributed by atoms with Crippen LogP contribution in [-0.4, -0.2) is 12.8 Å². The average molecular weight is 246 g/mol. The molecule has 0 saturated carbocycles. The van der Waals surface area contributed by atoms with Crippen LogP contribution in [-0.2, 0) is 0 Å². The van der Waals surface area contributed by atoms with Gasteiger partial charge in [-0.05, 0) is 18.2 Å². The molecule has 14 heavy (non-hydrogen) atoms. The normalized spacial score (nSPS) is 10.1. The Hall–Kier alpha value is -1.09. The van der Waals surface area contributed by atoms with Gasteiger partial charge in [-0.2, -0.15) is 0 Å². The number of hydrogen-bond acceptors (Lipinski definition) is 1. The molecule has 1 aromatic carbocycles. The van der Waals surface area contributed by atoms with Crippen molar-refractivity contribution < 1.29 is 0 Å². The van der Waals surface area contributed by atoms with E-state index in [2.05, 4.69) is 34.8 Å². The van der Waals surface area contributed by atoms with Gasteiger partial charge in [0.1, 0.15) is 7.85 Å². The van der Waals surface area contributed by atoms with Crippen LogP contribution < -0.4 is 5.46 Å². The number of aromatic nitrogens is 1. The number of rotatable bonds is 1. The van der Waals surface area contributed by atoms with Crippen molar-refractivity contribution >= 4 is 29.2 Å². The summed E-state index contributed by atoms with van der Waals surface area (Å²) in [5, 5.41) is 0. The quantitative estimate of drug-likeness (QED) is 0.698. The number of hydrogen-bond donors (Lipinski definition) is 0. The van der Waals surface area contributed by atoms with E-state index >= 15 is 0 Å². The van der Waals surface area contributed by atoms with E-state index in [1.54, 1.807) is 0 Å². The molecule has 3 heteroatoms. The van der Waals surface area contributed by atoms with E-state index in [4.69, 9.17) is 0 Å². The van der Waals surface area contributed by atoms with Gasteiger partial charge in [0.2, 0.25) is 0 Å². The molecule has 0 atom stereocenters. The van der Waals surface area contributed by atoms with Crippen molar-refractivity contribution in [2.45, 2.75) is 0 Å². The summed E-state index contributed by atoms with van der Waals surface area (Å²) in [5.41, 5.74) is 3.42. The minimum Gasteiger partial charge on any atom is -0.256 e. The molecule has 2 rings (SSSR count). The van der Waals surface area contributed by atoms with Crippen LogP contribution in [0.2, 0.25) is 0 Å². The van der Waals surface area contributed by atoms with Gasteiger partial charge in [0.25, 0.3) is 0 Å². The summed E-state index contributed by atoms with van der Waals surface area (Å²) >= 11 is 3.54. The second kappa shape index (κ2) is 3.97. The summed E-state index contributed by atoms with van der Waals surface area (Å²) in [7, 11) is 2.09. The standard InChI is InChI=1S/C11H9BBrN/c12-8-4-3-5-9(13)11(8)10-6-1-2-7-14-10/h1-7H,12H2. The second-order valence-corrected chi connectivity index (χ2v) is 4.00. The van der Waals surface area contributed by atoms with Crippen molar-refractivity contribution in [3.63, 3.8) is 0 Å². The van der Waals surface area contributed by atoms with E-state index in [9.17, 15) is 0 Å². The summed E-state index contributed by atoms with van der Waals surface area (Å²) in [5.74, 6) is 0. The average Bonchev–Trinajstić information content (AvgIpc) is 2.19. The first-order chi connectivity index (χ1) is 6.79. The third-order valence-corrected chi connectivity index (χ3v) is 2.80. The summed E-state index contributed by atoms with van der Waals surface area (Å²) < 4.78 is 1.09. The Kier molecular flexibility index (Phi) is 2.68. The summed E-state index contributed by atoms with van der Waals surface area (Å²) in [6.07, 6.45) is 1.81. The molecule has 1 heterocycles. The van der Waals surface area contributed by atoms with Gasteiger partial charge in [-0.25, -0.2) is 0 Å². The Morgan fingerprint density at radius 1 is 1.07 bits per heavy atom. The third-order valence-electron chi connectivity index (χ3n) is 2.14. The maximum absolute atomic E-state index is 4.34. The van der Waals surface area contributed by atoms with Crippen LogP contribution in [0.3, 0.4) is 0 Å². The van der Waals surface area contributed by atoms with Crippen LogP contribution in [0, 0.1) is 0 Å². The lowest BCUT2D eigenvalue weighted by Crippen LogP contribution is -2.07. The second-order valence-electron chi connectivity index (χ2n) is 3.15. The Labute approximate surface area is 92.7 Å². The number of nitrogens with zero attached hydrogens (tertiary/aromatic N) is 1. The Morgan fingerprint density at radius 3 is 2.57 bits per heavy atom. The summed E-state index contributed by atoms with van der Waals surface area (Å²) in [6, 6.07) is 12.1. The van der Waals surface area contributed by atoms with Crippen molar-refractivity contribution in [1.29, 1.82) is 0 Å². The summed E-state index contributed by atoms with van der Waals surface area (Å²) in [4.78, 5) is 4.34. The molecule has 0 spiro atoms. The SMILES string of the molecule is Bc1cccc(Br)c1-c1ccccn1. The maximum Gasteiger partial charge on any atom is 0.140 e. The lowest BCUT2D eigenvalue weighted by molar-refractivity contribution is 1.33. The lowest BCUT2D eigenvalue weighted by atomic mass is 9.89. The lowest BCUT2D eigenvalue weighted by Gasteiger charge is -2.07. The van der Waals surface area contributed by atoms with Gasteiger partial charge in [0.05, 0.1) is 5.69 Å². The van der Waals surface area contributed by atoms with Crippen molar-refractivity contribution in [2.24, 2.45) is 0 Å². The van der Waals surface area contributed by atoms with Crippen LogP contribution in [0.15, 0.2) is 47.1 Å². The predicted molar refractivity (Wildman–Crippen MR) is 65.6 cm³/mol. The number of pyridine rings is 1. The van der Waals surface area contributed by atoms with Gasteiger partial charge >= 0.3 is 0 Å². The number of halogens is 1. The summed E-state index contributed by atoms with van der Waals surface area (Å²) in [6.45, 7) is 0. The molecule has 0 unspecified atom stereocenters. The first-order valence-electron chi connectivity index (χ1n) is 4.45. The van der Waals surface area contributed by atoms with E-state index < -0.39 is 0 Å². The molecule has 0 saturated heterocycles. The zero-order chi connectivity index (χ0) is 9.97. The fourth-order valence-electron chi connectivity index (χ4n) is 1.47. The monoisotopic (exact) mass is 245 g/mol. The highest BCUT2D eigenvalue weighted by molar-refractivity contribution is 9.10. The van der Waals surface area contributed by atoms with Crippen LogP contribution >= 0.6 is 15.9 Å². The number of benzene rings is 1. The molecule has 1 aromatic heterocycles. The van der Waals surface area contributed by atoms with Gasteiger partial charge in [-0.3, -0.25) is 4.98 Å². The molecule has 0 amide bonds. The van der Waals surface area contributed by atoms with Gasteiger partial charge in [-0.15, -0.1) is 0 Å². The molecule has 0 N–H and O–H groups in total. The zero-order valence-electron chi connectivity index (χ0n) is 7.87. The molecule has 68 valence electrons. The Bertz CT molecular complexity index is 422. The first-order valence-corrected chi connectivity index (χ1v) is 5.25. The maximum atomic E-state index is 4.34. The molecule has 0 fully saturated rings. The van der Waals surface area contributed by atoms with Crippen molar-refractivity contribution in [1.82, 2.24) is 4.98 Å². The van der Waals surface area contributed by atoms with Crippen LogP contribution in [0.5, 0.6) is 0 Å². The molecule has 2 aromatic rings. The minimum absolute atomic E-state index is 1.01. The van der Waals surface area contributed by atoms with E-state index in [1.165, 1.54) is 11.0 Å². The minimum atomic E-state index is 1.01. The molecular formula is C11H9BBrN. The van der Waals surface area contributed by atoms with Crippen LogP contribution in [0.1, 0.15) is 0 Å². The van der Waals surface area contributed by atoms with Crippen LogP contribution in [0.4, 0.5) is 0 Å². The molecule has 1 nitrogen and oxygen atoms in total. The highest BCUT2D eigenvalue weighted by Crippen LogP contribution is 2.23. The topological polar surface area (TPSA) is 12.9 Å². The van der Waals surface area contributed by atoms with Gasteiger partial charge < -0.3 is 0 Å². The molecular weight excluding hydrogens is 237 g/mol. The zero-order valence-corrected chi connectivity index (χ0v) is 9.45. The highest BCUT2D eigenvalue weighted by Gasteiger charge is 2.05. The molecule has 0 aliphatic carbocycles. The molecule has 0 aliphatic rings. The van der Waals surface area contributed by atoms with Gasteiger partial charge in [0, 0.05) is 16.2 Å². The fraction of sp³-hybridized carbons (Fsp3) is 0. The highest BCUT2D eigenvalue weighted by atomic mass is 79.9. The van der Waals surface area contributed by atoms with Crippen molar-refractivity contribution in [3.05, 3.63) is 47.1 Å². The van der Waals surface area contributed by atoms with Gasteiger partial charge in [-0.1, -0.05) is 39.6 Å². The smallest absolute Gasteiger partial charge is 0.140 e. The first kappa shape index (κ1) is 9.47.